The molecule has 0 atom stereocenters. The van der Waals surface area contributed by atoms with Gasteiger partial charge in [-0.1, -0.05) is 12.1 Å². The van der Waals surface area contributed by atoms with Crippen LogP contribution in [0.4, 0.5) is 11.4 Å². The molecule has 0 radical (unpaired) electrons. The monoisotopic (exact) mass is 250 g/mol. The summed E-state index contributed by atoms with van der Waals surface area (Å²) < 4.78 is 5.17. The Kier molecular flexibility index (Phi) is 3.02. The number of hydrogen-bond acceptors (Lipinski definition) is 3. The third-order valence-electron chi connectivity index (χ3n) is 3.03. The number of para-hydroxylation sites is 2. The minimum Gasteiger partial charge on any atom is -0.497 e. The van der Waals surface area contributed by atoms with Gasteiger partial charge in [-0.05, 0) is 48.0 Å². The van der Waals surface area contributed by atoms with Crippen LogP contribution < -0.4 is 10.1 Å². The SMILES string of the molecule is COc1ccc(C2=CC=Nc3ccccc3N2)cc1. The Labute approximate surface area is 112 Å². The molecule has 0 spiro atoms. The molecule has 1 N–H and O–H groups in total. The number of hydrogen-bond donors (Lipinski definition) is 1. The molecule has 1 aliphatic heterocycles. The highest BCUT2D eigenvalue weighted by molar-refractivity contribution is 5.95. The quantitative estimate of drug-likeness (QED) is 0.878. The first-order valence-corrected chi connectivity index (χ1v) is 6.11. The van der Waals surface area contributed by atoms with Gasteiger partial charge in [0.15, 0.2) is 0 Å². The number of methoxy groups -OCH3 is 1. The summed E-state index contributed by atoms with van der Waals surface area (Å²) in [6.07, 6.45) is 3.79. The maximum Gasteiger partial charge on any atom is 0.118 e. The Balaban J connectivity index is 1.94. The van der Waals surface area contributed by atoms with Crippen LogP contribution in [0.1, 0.15) is 5.56 Å². The van der Waals surface area contributed by atoms with E-state index in [1.54, 1.807) is 7.11 Å². The largest absolute Gasteiger partial charge is 0.497 e. The molecular formula is C16H14N2O. The van der Waals surface area contributed by atoms with E-state index in [0.29, 0.717) is 0 Å². The summed E-state index contributed by atoms with van der Waals surface area (Å²) in [5, 5.41) is 3.41. The van der Waals surface area contributed by atoms with Gasteiger partial charge in [0.1, 0.15) is 5.75 Å². The molecule has 0 aromatic heterocycles. The van der Waals surface area contributed by atoms with Crippen molar-refractivity contribution < 1.29 is 4.74 Å². The van der Waals surface area contributed by atoms with Crippen LogP contribution in [0, 0.1) is 0 Å². The molecule has 0 unspecified atom stereocenters. The predicted octanol–water partition coefficient (Wildman–Crippen LogP) is 3.86. The fraction of sp³-hybridized carbons (Fsp3) is 0.0625. The van der Waals surface area contributed by atoms with Gasteiger partial charge in [-0.25, -0.2) is 0 Å². The highest BCUT2D eigenvalue weighted by Crippen LogP contribution is 2.30. The van der Waals surface area contributed by atoms with E-state index in [0.717, 1.165) is 28.4 Å². The van der Waals surface area contributed by atoms with Gasteiger partial charge in [-0.15, -0.1) is 0 Å². The first kappa shape index (κ1) is 11.5. The normalized spacial score (nSPS) is 13.0. The van der Waals surface area contributed by atoms with E-state index in [-0.39, 0.29) is 0 Å². The third kappa shape index (κ3) is 2.36. The molecule has 0 saturated heterocycles. The second kappa shape index (κ2) is 4.98. The van der Waals surface area contributed by atoms with Crippen LogP contribution in [-0.2, 0) is 0 Å². The molecule has 3 nitrogen and oxygen atoms in total. The zero-order chi connectivity index (χ0) is 13.1. The number of ether oxygens (including phenoxy) is 1. The maximum atomic E-state index is 5.17. The second-order valence-electron chi connectivity index (χ2n) is 4.23. The molecular weight excluding hydrogens is 236 g/mol. The molecule has 0 fully saturated rings. The van der Waals surface area contributed by atoms with Crippen LogP contribution in [0.15, 0.2) is 59.6 Å². The maximum absolute atomic E-state index is 5.17. The first-order chi connectivity index (χ1) is 9.36. The number of nitrogens with zero attached hydrogens (tertiary/aromatic N) is 1. The van der Waals surface area contributed by atoms with E-state index in [1.807, 2.05) is 60.8 Å². The van der Waals surface area contributed by atoms with Gasteiger partial charge >= 0.3 is 0 Å². The van der Waals surface area contributed by atoms with Crippen molar-refractivity contribution in [3.05, 3.63) is 60.2 Å². The van der Waals surface area contributed by atoms with E-state index in [9.17, 15) is 0 Å². The summed E-state index contributed by atoms with van der Waals surface area (Å²) in [4.78, 5) is 4.41. The highest BCUT2D eigenvalue weighted by atomic mass is 16.5. The van der Waals surface area contributed by atoms with Gasteiger partial charge in [0.2, 0.25) is 0 Å². The van der Waals surface area contributed by atoms with E-state index in [4.69, 9.17) is 4.74 Å². The summed E-state index contributed by atoms with van der Waals surface area (Å²) in [7, 11) is 1.67. The number of allylic oxidation sites excluding steroid dienone is 1. The van der Waals surface area contributed by atoms with E-state index in [1.165, 1.54) is 0 Å². The van der Waals surface area contributed by atoms with Crippen molar-refractivity contribution in [1.29, 1.82) is 0 Å². The van der Waals surface area contributed by atoms with Gasteiger partial charge in [-0.3, -0.25) is 4.99 Å². The average molecular weight is 250 g/mol. The van der Waals surface area contributed by atoms with Crippen molar-refractivity contribution in [3.8, 4) is 5.75 Å². The molecule has 0 saturated carbocycles. The van der Waals surface area contributed by atoms with Crippen molar-refractivity contribution in [2.24, 2.45) is 4.99 Å². The Hall–Kier alpha value is -2.55. The van der Waals surface area contributed by atoms with Crippen LogP contribution in [0.2, 0.25) is 0 Å². The highest BCUT2D eigenvalue weighted by Gasteiger charge is 2.07. The molecule has 0 bridgehead atoms. The van der Waals surface area contributed by atoms with Crippen molar-refractivity contribution in [3.63, 3.8) is 0 Å². The molecule has 1 heterocycles. The Bertz CT molecular complexity index is 642. The van der Waals surface area contributed by atoms with Crippen molar-refractivity contribution >= 4 is 23.3 Å². The Morgan fingerprint density at radius 3 is 2.58 bits per heavy atom. The lowest BCUT2D eigenvalue weighted by atomic mass is 10.1. The van der Waals surface area contributed by atoms with E-state index in [2.05, 4.69) is 10.3 Å². The average Bonchev–Trinajstić information content (AvgIpc) is 2.69. The molecule has 1 aliphatic rings. The number of rotatable bonds is 2. The number of anilines is 1. The molecule has 0 aliphatic carbocycles. The number of nitrogens with one attached hydrogen (secondary N) is 1. The number of aliphatic imine (C=N–C) groups is 1. The van der Waals surface area contributed by atoms with Gasteiger partial charge < -0.3 is 10.1 Å². The smallest absolute Gasteiger partial charge is 0.118 e. The third-order valence-corrected chi connectivity index (χ3v) is 3.03. The van der Waals surface area contributed by atoms with Crippen molar-refractivity contribution in [2.45, 2.75) is 0 Å². The Morgan fingerprint density at radius 2 is 1.79 bits per heavy atom. The van der Waals surface area contributed by atoms with Crippen LogP contribution >= 0.6 is 0 Å². The summed E-state index contributed by atoms with van der Waals surface area (Å²) in [6, 6.07) is 15.9. The molecule has 3 heteroatoms. The summed E-state index contributed by atoms with van der Waals surface area (Å²) in [5.41, 5.74) is 4.08. The number of fused-ring (bicyclic) bond motifs is 1. The zero-order valence-corrected chi connectivity index (χ0v) is 10.6. The minimum atomic E-state index is 0.854. The first-order valence-electron chi connectivity index (χ1n) is 6.11. The lowest BCUT2D eigenvalue weighted by Crippen LogP contribution is -1.98. The summed E-state index contributed by atoms with van der Waals surface area (Å²) in [6.45, 7) is 0. The molecule has 19 heavy (non-hydrogen) atoms. The predicted molar refractivity (Wildman–Crippen MR) is 79.2 cm³/mol. The van der Waals surface area contributed by atoms with Gasteiger partial charge in [0, 0.05) is 11.9 Å². The molecule has 2 aromatic rings. The van der Waals surface area contributed by atoms with Crippen molar-refractivity contribution in [1.82, 2.24) is 0 Å². The standard InChI is InChI=1S/C16H14N2O/c1-19-13-8-6-12(7-9-13)14-10-11-17-15-4-2-3-5-16(15)18-14/h2-11,18H,1H3. The second-order valence-corrected chi connectivity index (χ2v) is 4.23. The Morgan fingerprint density at radius 1 is 1.00 bits per heavy atom. The van der Waals surface area contributed by atoms with Gasteiger partial charge in [-0.2, -0.15) is 0 Å². The molecule has 94 valence electrons. The van der Waals surface area contributed by atoms with Crippen LogP contribution in [-0.4, -0.2) is 13.3 Å². The van der Waals surface area contributed by atoms with E-state index >= 15 is 0 Å². The number of benzene rings is 2. The van der Waals surface area contributed by atoms with Crippen LogP contribution in [0.5, 0.6) is 5.75 Å². The minimum absolute atomic E-state index is 0.854. The van der Waals surface area contributed by atoms with Gasteiger partial charge in [0.25, 0.3) is 0 Å². The van der Waals surface area contributed by atoms with Gasteiger partial charge in [0.05, 0.1) is 18.5 Å². The lowest BCUT2D eigenvalue weighted by Gasteiger charge is -2.11. The summed E-state index contributed by atoms with van der Waals surface area (Å²) in [5.74, 6) is 0.854. The fourth-order valence-electron chi connectivity index (χ4n) is 2.01. The van der Waals surface area contributed by atoms with E-state index < -0.39 is 0 Å². The van der Waals surface area contributed by atoms with Crippen LogP contribution in [0.25, 0.3) is 5.70 Å². The lowest BCUT2D eigenvalue weighted by molar-refractivity contribution is 0.415. The van der Waals surface area contributed by atoms with Crippen LogP contribution in [0.3, 0.4) is 0 Å². The zero-order valence-electron chi connectivity index (χ0n) is 10.6. The summed E-state index contributed by atoms with van der Waals surface area (Å²) >= 11 is 0. The molecule has 3 rings (SSSR count). The molecule has 2 aromatic carbocycles. The topological polar surface area (TPSA) is 33.6 Å². The fourth-order valence-corrected chi connectivity index (χ4v) is 2.01. The molecule has 0 amide bonds. The van der Waals surface area contributed by atoms with Crippen molar-refractivity contribution in [2.75, 3.05) is 12.4 Å².